The number of hydrogen-bond donors (Lipinski definition) is 2. The molecule has 0 fully saturated rings. The molecule has 2 aromatic rings. The van der Waals surface area contributed by atoms with E-state index < -0.39 is 11.4 Å². The highest BCUT2D eigenvalue weighted by molar-refractivity contribution is 7.74. The van der Waals surface area contributed by atoms with E-state index in [1.54, 1.807) is 24.4 Å². The molecule has 1 aromatic heterocycles. The van der Waals surface area contributed by atoms with Gasteiger partial charge in [0.05, 0.1) is 11.2 Å². The van der Waals surface area contributed by atoms with Crippen LogP contribution in [-0.4, -0.2) is 19.7 Å². The fourth-order valence-electron chi connectivity index (χ4n) is 1.59. The van der Waals surface area contributed by atoms with Crippen LogP contribution in [0.4, 0.5) is 5.69 Å². The summed E-state index contributed by atoms with van der Waals surface area (Å²) in [7, 11) is 0. The predicted octanol–water partition coefficient (Wildman–Crippen LogP) is 1.71. The number of aromatic nitrogens is 1. The summed E-state index contributed by atoms with van der Waals surface area (Å²) in [6.45, 7) is 1.39. The smallest absolute Gasteiger partial charge is 0.357 e. The number of benzene rings is 1. The Morgan fingerprint density at radius 3 is 2.89 bits per heavy atom. The van der Waals surface area contributed by atoms with Crippen molar-refractivity contribution < 1.29 is 17.7 Å². The van der Waals surface area contributed by atoms with Gasteiger partial charge < -0.3 is 9.50 Å². The number of pyridine rings is 1. The first kappa shape index (κ1) is 12.5. The van der Waals surface area contributed by atoms with Crippen LogP contribution in [-0.2, 0) is 16.2 Å². The van der Waals surface area contributed by atoms with E-state index in [-0.39, 0.29) is 11.7 Å². The van der Waals surface area contributed by atoms with Gasteiger partial charge in [-0.05, 0) is 24.3 Å². The van der Waals surface area contributed by atoms with Crippen molar-refractivity contribution in [2.45, 2.75) is 6.92 Å². The minimum atomic E-state index is -2.41. The van der Waals surface area contributed by atoms with Gasteiger partial charge in [0.15, 0.2) is 5.75 Å². The molecule has 0 bridgehead atoms. The van der Waals surface area contributed by atoms with Crippen molar-refractivity contribution in [3.8, 4) is 5.75 Å². The molecule has 1 amide bonds. The van der Waals surface area contributed by atoms with Gasteiger partial charge in [-0.1, -0.05) is 0 Å². The molecule has 0 aliphatic heterocycles. The number of anilines is 1. The van der Waals surface area contributed by atoms with Gasteiger partial charge in [0.25, 0.3) is 0 Å². The fourth-order valence-corrected chi connectivity index (χ4v) is 1.89. The highest BCUT2D eigenvalue weighted by Crippen LogP contribution is 2.30. The molecule has 1 heterocycles. The Labute approximate surface area is 105 Å². The van der Waals surface area contributed by atoms with Gasteiger partial charge in [0.2, 0.25) is 5.91 Å². The number of hydrogen-bond acceptors (Lipinski definition) is 4. The molecular weight excluding hydrogens is 256 g/mol. The average molecular weight is 266 g/mol. The molecule has 6 nitrogen and oxygen atoms in total. The van der Waals surface area contributed by atoms with E-state index in [2.05, 4.69) is 10.3 Å². The first-order valence-corrected chi connectivity index (χ1v) is 6.05. The van der Waals surface area contributed by atoms with E-state index in [1.165, 1.54) is 13.0 Å². The highest BCUT2D eigenvalue weighted by atomic mass is 32.2. The van der Waals surface area contributed by atoms with Crippen LogP contribution in [0, 0.1) is 0 Å². The van der Waals surface area contributed by atoms with Gasteiger partial charge in [-0.25, -0.2) is 0 Å². The molecule has 0 aliphatic carbocycles. The molecule has 1 unspecified atom stereocenters. The molecule has 2 rings (SSSR count). The summed E-state index contributed by atoms with van der Waals surface area (Å²) in [6, 6.07) is 6.44. The van der Waals surface area contributed by atoms with E-state index in [1.807, 2.05) is 0 Å². The van der Waals surface area contributed by atoms with Crippen LogP contribution in [0.1, 0.15) is 6.92 Å². The second-order valence-corrected chi connectivity index (χ2v) is 4.09. The number of fused-ring (bicyclic) bond motifs is 1. The van der Waals surface area contributed by atoms with E-state index in [0.717, 1.165) is 0 Å². The van der Waals surface area contributed by atoms with Crippen LogP contribution in [0.5, 0.6) is 5.75 Å². The minimum absolute atomic E-state index is 0.221. The van der Waals surface area contributed by atoms with Crippen molar-refractivity contribution in [3.63, 3.8) is 0 Å². The van der Waals surface area contributed by atoms with Gasteiger partial charge >= 0.3 is 11.4 Å². The zero-order valence-electron chi connectivity index (χ0n) is 9.41. The van der Waals surface area contributed by atoms with Gasteiger partial charge in [-0.15, -0.1) is 0 Å². The number of amides is 1. The van der Waals surface area contributed by atoms with Crippen molar-refractivity contribution in [1.29, 1.82) is 0 Å². The van der Waals surface area contributed by atoms with E-state index in [9.17, 15) is 9.00 Å². The summed E-state index contributed by atoms with van der Waals surface area (Å²) in [6.07, 6.45) is 1.56. The third-order valence-corrected chi connectivity index (χ3v) is 2.52. The largest absolute Gasteiger partial charge is 0.379 e. The van der Waals surface area contributed by atoms with Crippen LogP contribution >= 0.6 is 0 Å². The van der Waals surface area contributed by atoms with Crippen molar-refractivity contribution in [3.05, 3.63) is 30.5 Å². The average Bonchev–Trinajstić information content (AvgIpc) is 2.31. The Morgan fingerprint density at radius 2 is 2.22 bits per heavy atom. The van der Waals surface area contributed by atoms with Crippen molar-refractivity contribution >= 4 is 33.9 Å². The summed E-state index contributed by atoms with van der Waals surface area (Å²) in [5.41, 5.74) is 1.02. The lowest BCUT2D eigenvalue weighted by Gasteiger charge is -2.09. The number of rotatable bonds is 3. The van der Waals surface area contributed by atoms with Gasteiger partial charge in [-0.2, -0.15) is 4.21 Å². The van der Waals surface area contributed by atoms with Crippen LogP contribution in [0.15, 0.2) is 30.5 Å². The lowest BCUT2D eigenvalue weighted by Crippen LogP contribution is -2.07. The second kappa shape index (κ2) is 5.11. The second-order valence-electron chi connectivity index (χ2n) is 3.49. The molecule has 0 radical (unpaired) electrons. The standard InChI is InChI=1S/C11H10N2O4S/c1-7(14)13-9-4-5-10(17-18(15)16)8-3-2-6-12-11(8)9/h2-6H,1H3,(H,13,14)(H,15,16). The SMILES string of the molecule is CC(=O)Nc1ccc(OS(=O)O)c2cccnc12. The maximum atomic E-state index is 11.1. The highest BCUT2D eigenvalue weighted by Gasteiger charge is 2.10. The molecule has 1 atom stereocenters. The van der Waals surface area contributed by atoms with Crippen molar-refractivity contribution in [2.75, 3.05) is 5.32 Å². The molecule has 0 saturated heterocycles. The van der Waals surface area contributed by atoms with Crippen molar-refractivity contribution in [2.24, 2.45) is 0 Å². The number of carbonyl (C=O) groups is 1. The summed E-state index contributed by atoms with van der Waals surface area (Å²) in [5, 5.41) is 3.18. The lowest BCUT2D eigenvalue weighted by molar-refractivity contribution is -0.114. The number of nitrogens with one attached hydrogen (secondary N) is 1. The van der Waals surface area contributed by atoms with Gasteiger partial charge in [0, 0.05) is 18.5 Å². The minimum Gasteiger partial charge on any atom is -0.379 e. The fraction of sp³-hybridized carbons (Fsp3) is 0.0909. The quantitative estimate of drug-likeness (QED) is 0.825. The van der Waals surface area contributed by atoms with E-state index >= 15 is 0 Å². The Hall–Kier alpha value is -1.99. The summed E-state index contributed by atoms with van der Waals surface area (Å²) < 4.78 is 24.2. The molecule has 2 N–H and O–H groups in total. The van der Waals surface area contributed by atoms with Crippen molar-refractivity contribution in [1.82, 2.24) is 4.98 Å². The monoisotopic (exact) mass is 266 g/mol. The molecule has 0 aliphatic rings. The first-order valence-electron chi connectivity index (χ1n) is 5.02. The molecular formula is C11H10N2O4S. The van der Waals surface area contributed by atoms with Gasteiger partial charge in [-0.3, -0.25) is 14.3 Å². The predicted molar refractivity (Wildman–Crippen MR) is 67.4 cm³/mol. The molecule has 1 aromatic carbocycles. The zero-order valence-corrected chi connectivity index (χ0v) is 10.2. The van der Waals surface area contributed by atoms with E-state index in [4.69, 9.17) is 8.74 Å². The van der Waals surface area contributed by atoms with Crippen LogP contribution in [0.2, 0.25) is 0 Å². The van der Waals surface area contributed by atoms with Crippen LogP contribution in [0.25, 0.3) is 10.9 Å². The molecule has 0 saturated carbocycles. The summed E-state index contributed by atoms with van der Waals surface area (Å²) in [5.74, 6) is 0.00870. The topological polar surface area (TPSA) is 88.5 Å². The Kier molecular flexibility index (Phi) is 3.54. The molecule has 94 valence electrons. The zero-order chi connectivity index (χ0) is 13.1. The summed E-state index contributed by atoms with van der Waals surface area (Å²) in [4.78, 5) is 15.2. The molecule has 7 heteroatoms. The Bertz CT molecular complexity index is 575. The van der Waals surface area contributed by atoms with E-state index in [0.29, 0.717) is 16.6 Å². The third-order valence-electron chi connectivity index (χ3n) is 2.20. The number of carbonyl (C=O) groups excluding carboxylic acids is 1. The normalized spacial score (nSPS) is 12.1. The Balaban J connectivity index is 2.58. The maximum Gasteiger partial charge on any atom is 0.357 e. The van der Waals surface area contributed by atoms with Crippen LogP contribution in [0.3, 0.4) is 0 Å². The molecule has 0 spiro atoms. The first-order chi connectivity index (χ1) is 8.58. The lowest BCUT2D eigenvalue weighted by atomic mass is 10.1. The maximum absolute atomic E-state index is 11.1. The summed E-state index contributed by atoms with van der Waals surface area (Å²) >= 11 is -2.41. The Morgan fingerprint density at radius 1 is 1.44 bits per heavy atom. The van der Waals surface area contributed by atoms with Gasteiger partial charge in [0.1, 0.15) is 0 Å². The van der Waals surface area contributed by atoms with Crippen LogP contribution < -0.4 is 9.50 Å². The third kappa shape index (κ3) is 2.63. The number of nitrogens with zero attached hydrogens (tertiary/aromatic N) is 1. The molecule has 18 heavy (non-hydrogen) atoms.